The molecule has 2 aliphatic heterocycles. The molecule has 0 bridgehead atoms. The number of rotatable bonds is 4. The van der Waals surface area contributed by atoms with Crippen molar-refractivity contribution in [1.29, 1.82) is 0 Å². The monoisotopic (exact) mass is 226 g/mol. The highest BCUT2D eigenvalue weighted by atomic mass is 16.5. The van der Waals surface area contributed by atoms with Crippen molar-refractivity contribution in [3.63, 3.8) is 0 Å². The average molecular weight is 226 g/mol. The topological polar surface area (TPSA) is 24.5 Å². The van der Waals surface area contributed by atoms with Crippen LogP contribution in [0.3, 0.4) is 0 Å². The number of hydrogen-bond donors (Lipinski definition) is 1. The molecule has 0 radical (unpaired) electrons. The van der Waals surface area contributed by atoms with Crippen molar-refractivity contribution in [2.24, 2.45) is 5.92 Å². The molecule has 2 aliphatic rings. The minimum Gasteiger partial charge on any atom is -0.381 e. The fourth-order valence-corrected chi connectivity index (χ4v) is 3.11. The Labute approximate surface area is 99.5 Å². The van der Waals surface area contributed by atoms with Crippen LogP contribution in [0, 0.1) is 5.92 Å². The molecule has 2 saturated heterocycles. The van der Waals surface area contributed by atoms with Crippen LogP contribution >= 0.6 is 0 Å². The van der Waals surface area contributed by atoms with E-state index in [1.54, 1.807) is 0 Å². The highest BCUT2D eigenvalue weighted by molar-refractivity contribution is 4.86. The standard InChI is InChI=1S/C13H26N2O/c1-3-14-13-4-7-15(10-13)11(2)12-5-8-16-9-6-12/h11-14H,3-10H2,1-2H3. The van der Waals surface area contributed by atoms with Crippen molar-refractivity contribution in [2.75, 3.05) is 32.8 Å². The summed E-state index contributed by atoms with van der Waals surface area (Å²) in [5, 5.41) is 3.57. The normalized spacial score (nSPS) is 30.8. The van der Waals surface area contributed by atoms with Gasteiger partial charge in [0, 0.05) is 38.4 Å². The van der Waals surface area contributed by atoms with E-state index in [2.05, 4.69) is 24.1 Å². The maximum absolute atomic E-state index is 5.44. The zero-order valence-corrected chi connectivity index (χ0v) is 10.7. The summed E-state index contributed by atoms with van der Waals surface area (Å²) in [5.74, 6) is 0.856. The van der Waals surface area contributed by atoms with E-state index < -0.39 is 0 Å². The van der Waals surface area contributed by atoms with Crippen LogP contribution in [0.4, 0.5) is 0 Å². The number of hydrogen-bond acceptors (Lipinski definition) is 3. The van der Waals surface area contributed by atoms with Gasteiger partial charge in [-0.1, -0.05) is 6.92 Å². The molecule has 0 spiro atoms. The highest BCUT2D eigenvalue weighted by Crippen LogP contribution is 2.25. The first kappa shape index (κ1) is 12.3. The lowest BCUT2D eigenvalue weighted by Gasteiger charge is -2.34. The SMILES string of the molecule is CCNC1CCN(C(C)C2CCOCC2)C1. The zero-order chi connectivity index (χ0) is 11.4. The summed E-state index contributed by atoms with van der Waals surface area (Å²) in [6.45, 7) is 10.2. The lowest BCUT2D eigenvalue weighted by atomic mass is 9.92. The molecule has 2 fully saturated rings. The lowest BCUT2D eigenvalue weighted by molar-refractivity contribution is 0.0352. The summed E-state index contributed by atoms with van der Waals surface area (Å²) in [6.07, 6.45) is 3.83. The van der Waals surface area contributed by atoms with E-state index in [4.69, 9.17) is 4.74 Å². The molecule has 3 heteroatoms. The Bertz CT molecular complexity index is 204. The van der Waals surface area contributed by atoms with Crippen molar-refractivity contribution >= 4 is 0 Å². The molecule has 2 unspecified atom stereocenters. The van der Waals surface area contributed by atoms with Crippen LogP contribution in [0.1, 0.15) is 33.1 Å². The van der Waals surface area contributed by atoms with Crippen LogP contribution in [0.5, 0.6) is 0 Å². The van der Waals surface area contributed by atoms with Crippen LogP contribution in [-0.4, -0.2) is 49.8 Å². The van der Waals surface area contributed by atoms with Gasteiger partial charge in [0.2, 0.25) is 0 Å². The van der Waals surface area contributed by atoms with Gasteiger partial charge in [-0.05, 0) is 38.6 Å². The molecule has 3 nitrogen and oxygen atoms in total. The molecule has 16 heavy (non-hydrogen) atoms. The Hall–Kier alpha value is -0.120. The molecule has 2 heterocycles. The predicted octanol–water partition coefficient (Wildman–Crippen LogP) is 1.49. The number of likely N-dealkylation sites (tertiary alicyclic amines) is 1. The van der Waals surface area contributed by atoms with Gasteiger partial charge in [-0.3, -0.25) is 4.90 Å². The summed E-state index contributed by atoms with van der Waals surface area (Å²) in [7, 11) is 0. The largest absolute Gasteiger partial charge is 0.381 e. The second-order valence-corrected chi connectivity index (χ2v) is 5.23. The number of nitrogens with zero attached hydrogens (tertiary/aromatic N) is 1. The Balaban J connectivity index is 1.78. The number of likely N-dealkylation sites (N-methyl/N-ethyl adjacent to an activating group) is 1. The third-order valence-electron chi connectivity index (χ3n) is 4.24. The summed E-state index contributed by atoms with van der Waals surface area (Å²) in [4.78, 5) is 2.67. The molecule has 94 valence electrons. The second kappa shape index (κ2) is 5.99. The lowest BCUT2D eigenvalue weighted by Crippen LogP contribution is -2.41. The zero-order valence-electron chi connectivity index (χ0n) is 10.7. The van der Waals surface area contributed by atoms with Gasteiger partial charge in [-0.25, -0.2) is 0 Å². The minimum atomic E-state index is 0.729. The molecule has 0 saturated carbocycles. The van der Waals surface area contributed by atoms with Crippen molar-refractivity contribution in [2.45, 2.75) is 45.2 Å². The number of nitrogens with one attached hydrogen (secondary N) is 1. The number of ether oxygens (including phenoxy) is 1. The summed E-state index contributed by atoms with van der Waals surface area (Å²) < 4.78 is 5.44. The van der Waals surface area contributed by atoms with Gasteiger partial charge in [0.1, 0.15) is 0 Å². The smallest absolute Gasteiger partial charge is 0.0469 e. The minimum absolute atomic E-state index is 0.729. The van der Waals surface area contributed by atoms with E-state index in [0.29, 0.717) is 0 Å². The van der Waals surface area contributed by atoms with Gasteiger partial charge in [0.05, 0.1) is 0 Å². The van der Waals surface area contributed by atoms with Gasteiger partial charge in [0.25, 0.3) is 0 Å². The Kier molecular flexibility index (Phi) is 4.62. The molecular weight excluding hydrogens is 200 g/mol. The molecule has 0 aromatic carbocycles. The quantitative estimate of drug-likeness (QED) is 0.786. The summed E-state index contributed by atoms with van der Waals surface area (Å²) in [6, 6.07) is 1.47. The van der Waals surface area contributed by atoms with Gasteiger partial charge in [-0.2, -0.15) is 0 Å². The van der Waals surface area contributed by atoms with Crippen LogP contribution in [0.2, 0.25) is 0 Å². The van der Waals surface area contributed by atoms with E-state index >= 15 is 0 Å². The van der Waals surface area contributed by atoms with Gasteiger partial charge in [0.15, 0.2) is 0 Å². The van der Waals surface area contributed by atoms with Crippen LogP contribution < -0.4 is 5.32 Å². The fourth-order valence-electron chi connectivity index (χ4n) is 3.11. The first-order valence-corrected chi connectivity index (χ1v) is 6.86. The van der Waals surface area contributed by atoms with Gasteiger partial charge >= 0.3 is 0 Å². The third-order valence-corrected chi connectivity index (χ3v) is 4.24. The Morgan fingerprint density at radius 1 is 1.31 bits per heavy atom. The van der Waals surface area contributed by atoms with E-state index in [1.807, 2.05) is 0 Å². The van der Waals surface area contributed by atoms with Crippen molar-refractivity contribution in [3.8, 4) is 0 Å². The molecule has 2 atom stereocenters. The van der Waals surface area contributed by atoms with Gasteiger partial charge in [-0.15, -0.1) is 0 Å². The van der Waals surface area contributed by atoms with Crippen LogP contribution in [0.15, 0.2) is 0 Å². The summed E-state index contributed by atoms with van der Waals surface area (Å²) >= 11 is 0. The van der Waals surface area contributed by atoms with E-state index in [1.165, 1.54) is 32.4 Å². The van der Waals surface area contributed by atoms with Crippen molar-refractivity contribution < 1.29 is 4.74 Å². The predicted molar refractivity (Wildman–Crippen MR) is 66.7 cm³/mol. The molecule has 0 aromatic rings. The fraction of sp³-hybridized carbons (Fsp3) is 1.00. The van der Waals surface area contributed by atoms with E-state index in [-0.39, 0.29) is 0 Å². The van der Waals surface area contributed by atoms with Crippen molar-refractivity contribution in [1.82, 2.24) is 10.2 Å². The molecule has 0 aromatic heterocycles. The summed E-state index contributed by atoms with van der Waals surface area (Å²) in [5.41, 5.74) is 0. The van der Waals surface area contributed by atoms with Crippen LogP contribution in [-0.2, 0) is 4.74 Å². The average Bonchev–Trinajstić information content (AvgIpc) is 2.78. The Morgan fingerprint density at radius 2 is 2.06 bits per heavy atom. The maximum Gasteiger partial charge on any atom is 0.0469 e. The van der Waals surface area contributed by atoms with Crippen LogP contribution in [0.25, 0.3) is 0 Å². The molecule has 0 amide bonds. The van der Waals surface area contributed by atoms with E-state index in [0.717, 1.165) is 37.8 Å². The first-order valence-electron chi connectivity index (χ1n) is 6.86. The second-order valence-electron chi connectivity index (χ2n) is 5.23. The van der Waals surface area contributed by atoms with Crippen molar-refractivity contribution in [3.05, 3.63) is 0 Å². The molecule has 2 rings (SSSR count). The maximum atomic E-state index is 5.44. The molecule has 0 aliphatic carbocycles. The Morgan fingerprint density at radius 3 is 2.75 bits per heavy atom. The highest BCUT2D eigenvalue weighted by Gasteiger charge is 2.30. The third kappa shape index (κ3) is 2.96. The molecule has 1 N–H and O–H groups in total. The van der Waals surface area contributed by atoms with Gasteiger partial charge < -0.3 is 10.1 Å². The molecular formula is C13H26N2O. The van der Waals surface area contributed by atoms with E-state index in [9.17, 15) is 0 Å². The first-order chi connectivity index (χ1) is 7.81.